The Hall–Kier alpha value is -1.72. The van der Waals surface area contributed by atoms with Gasteiger partial charge in [-0.2, -0.15) is 0 Å². The average molecular weight is 484 g/mol. The predicted molar refractivity (Wildman–Crippen MR) is 121 cm³/mol. The van der Waals surface area contributed by atoms with Crippen molar-refractivity contribution in [3.8, 4) is 0 Å². The molecule has 0 saturated carbocycles. The van der Waals surface area contributed by atoms with Crippen molar-refractivity contribution in [3.05, 3.63) is 44.6 Å². The Morgan fingerprint density at radius 3 is 2.94 bits per heavy atom. The third kappa shape index (κ3) is 5.04. The van der Waals surface area contributed by atoms with Gasteiger partial charge in [-0.3, -0.25) is 9.59 Å². The Labute approximate surface area is 193 Å². The molecule has 3 N–H and O–H groups in total. The summed E-state index contributed by atoms with van der Waals surface area (Å²) in [4.78, 5) is 31.5. The lowest BCUT2D eigenvalue weighted by atomic mass is 9.97. The second-order valence-corrected chi connectivity index (χ2v) is 10.3. The Balaban J connectivity index is 1.40. The van der Waals surface area contributed by atoms with Gasteiger partial charge in [0.05, 0.1) is 32.7 Å². The number of fused-ring (bicyclic) bond motifs is 1. The number of rotatable bonds is 4. The quantitative estimate of drug-likeness (QED) is 0.576. The minimum atomic E-state index is -0.548. The van der Waals surface area contributed by atoms with Crippen LogP contribution >= 0.6 is 35.1 Å². The van der Waals surface area contributed by atoms with E-state index in [0.717, 1.165) is 34.8 Å². The van der Waals surface area contributed by atoms with Gasteiger partial charge in [0.2, 0.25) is 11.8 Å². The van der Waals surface area contributed by atoms with Gasteiger partial charge in [0, 0.05) is 17.8 Å². The van der Waals surface area contributed by atoms with Crippen molar-refractivity contribution in [3.63, 3.8) is 0 Å². The summed E-state index contributed by atoms with van der Waals surface area (Å²) in [6.07, 6.45) is 3.12. The number of amides is 2. The Bertz CT molecular complexity index is 1000. The number of likely N-dealkylation sites (N-methyl/N-ethyl adjacent to an activating group) is 1. The molecule has 2 amide bonds. The van der Waals surface area contributed by atoms with Crippen LogP contribution in [0.5, 0.6) is 0 Å². The number of carbonyl (C=O) groups excluding carboxylic acids is 2. The number of halogens is 2. The van der Waals surface area contributed by atoms with Crippen LogP contribution in [0.1, 0.15) is 40.9 Å². The molecule has 1 aliphatic carbocycles. The highest BCUT2D eigenvalue weighted by Crippen LogP contribution is 2.34. The molecule has 166 valence electrons. The highest BCUT2D eigenvalue weighted by molar-refractivity contribution is 7.95. The molecule has 0 spiro atoms. The topological polar surface area (TPSA) is 86.4 Å². The van der Waals surface area contributed by atoms with Crippen LogP contribution < -0.4 is 15.4 Å². The van der Waals surface area contributed by atoms with Gasteiger partial charge in [-0.05, 0) is 57.9 Å². The second kappa shape index (κ2) is 9.41. The van der Waals surface area contributed by atoms with Crippen LogP contribution in [0.25, 0.3) is 0 Å². The number of nitrogens with one attached hydrogen (secondary N) is 3. The lowest BCUT2D eigenvalue weighted by Crippen LogP contribution is -2.54. The molecule has 2 aliphatic rings. The molecule has 3 atom stereocenters. The van der Waals surface area contributed by atoms with Crippen LogP contribution in [0.15, 0.2) is 18.2 Å². The second-order valence-electron chi connectivity index (χ2n) is 7.67. The number of aryl methyl sites for hydroxylation is 2. The first kappa shape index (κ1) is 22.5. The zero-order valence-electron chi connectivity index (χ0n) is 17.1. The van der Waals surface area contributed by atoms with Crippen LogP contribution in [-0.2, 0) is 16.0 Å². The van der Waals surface area contributed by atoms with Crippen LogP contribution in [0.2, 0.25) is 5.02 Å². The molecular formula is C20H23ClFN5O2S2. The summed E-state index contributed by atoms with van der Waals surface area (Å²) in [5.41, 5.74) is 1.49. The fourth-order valence-electron chi connectivity index (χ4n) is 3.81. The van der Waals surface area contributed by atoms with E-state index < -0.39 is 17.9 Å². The molecule has 0 bridgehead atoms. The molecule has 31 heavy (non-hydrogen) atoms. The first-order valence-corrected chi connectivity index (χ1v) is 12.0. The zero-order chi connectivity index (χ0) is 22.1. The molecule has 3 unspecified atom stereocenters. The molecule has 1 fully saturated rings. The van der Waals surface area contributed by atoms with Gasteiger partial charge in [-0.1, -0.05) is 11.6 Å². The lowest BCUT2D eigenvalue weighted by molar-refractivity contribution is -0.125. The van der Waals surface area contributed by atoms with E-state index in [2.05, 4.69) is 20.3 Å². The van der Waals surface area contributed by atoms with Crippen molar-refractivity contribution in [2.24, 2.45) is 0 Å². The molecule has 0 radical (unpaired) electrons. The monoisotopic (exact) mass is 483 g/mol. The Morgan fingerprint density at radius 1 is 1.35 bits per heavy atom. The summed E-state index contributed by atoms with van der Waals surface area (Å²) < 4.78 is 18.2. The Morgan fingerprint density at radius 2 is 2.16 bits per heavy atom. The van der Waals surface area contributed by atoms with Crippen molar-refractivity contribution in [2.45, 2.75) is 50.7 Å². The molecule has 1 saturated heterocycles. The molecule has 1 aromatic heterocycles. The van der Waals surface area contributed by atoms with E-state index in [9.17, 15) is 14.0 Å². The molecule has 1 aliphatic heterocycles. The maximum absolute atomic E-state index is 13.4. The number of hydrogen-bond donors (Lipinski definition) is 3. The SMILES string of the molecule is Cc1nc2c(s1)C(NC(=O)C1CC(C(=O)Nc3ccc(F)c(Cl)c3)N(C)SN1)CCC2. The van der Waals surface area contributed by atoms with Gasteiger partial charge < -0.3 is 10.6 Å². The van der Waals surface area contributed by atoms with E-state index in [1.54, 1.807) is 22.7 Å². The maximum atomic E-state index is 13.4. The summed E-state index contributed by atoms with van der Waals surface area (Å²) in [5.74, 6) is -0.963. The van der Waals surface area contributed by atoms with Crippen LogP contribution in [0, 0.1) is 12.7 Å². The maximum Gasteiger partial charge on any atom is 0.242 e. The number of thiazole rings is 1. The van der Waals surface area contributed by atoms with Gasteiger partial charge in [-0.15, -0.1) is 11.3 Å². The normalized spacial score (nSPS) is 23.8. The highest BCUT2D eigenvalue weighted by Gasteiger charge is 2.37. The number of carbonyl (C=O) groups is 2. The van der Waals surface area contributed by atoms with Crippen molar-refractivity contribution in [1.29, 1.82) is 0 Å². The van der Waals surface area contributed by atoms with Gasteiger partial charge in [0.1, 0.15) is 11.9 Å². The summed E-state index contributed by atoms with van der Waals surface area (Å²) >= 11 is 8.66. The summed E-state index contributed by atoms with van der Waals surface area (Å²) in [5, 5.41) is 6.85. The van der Waals surface area contributed by atoms with E-state index in [1.165, 1.54) is 30.3 Å². The number of benzene rings is 1. The number of hydrogen-bond acceptors (Lipinski definition) is 7. The fraction of sp³-hybridized carbons (Fsp3) is 0.450. The summed E-state index contributed by atoms with van der Waals surface area (Å²) in [6, 6.07) is 2.92. The molecule has 4 rings (SSSR count). The minimum absolute atomic E-state index is 0.0393. The number of aromatic nitrogens is 1. The molecular weight excluding hydrogens is 461 g/mol. The van der Waals surface area contributed by atoms with E-state index in [1.807, 2.05) is 6.92 Å². The Kier molecular flexibility index (Phi) is 6.83. The molecule has 1 aromatic carbocycles. The third-order valence-electron chi connectivity index (χ3n) is 5.42. The van der Waals surface area contributed by atoms with Gasteiger partial charge in [0.15, 0.2) is 0 Å². The standard InChI is InChI=1S/C20H23ClFN5O2S2/c1-10-23-14-4-3-5-15(18(14)30-10)25-19(28)16-9-17(27(2)31-26-16)20(29)24-11-6-7-13(22)12(21)8-11/h6-8,15-17,26H,3-5,9H2,1-2H3,(H,24,29)(H,25,28). The third-order valence-corrected chi connectivity index (χ3v) is 7.77. The van der Waals surface area contributed by atoms with Gasteiger partial charge in [-0.25, -0.2) is 18.4 Å². The molecule has 2 aromatic rings. The minimum Gasteiger partial charge on any atom is -0.347 e. The first-order valence-electron chi connectivity index (χ1n) is 9.99. The van der Waals surface area contributed by atoms with Crippen LogP contribution in [0.3, 0.4) is 0 Å². The molecule has 7 nitrogen and oxygen atoms in total. The predicted octanol–water partition coefficient (Wildman–Crippen LogP) is 3.60. The van der Waals surface area contributed by atoms with E-state index in [-0.39, 0.29) is 22.9 Å². The van der Waals surface area contributed by atoms with E-state index in [4.69, 9.17) is 11.6 Å². The van der Waals surface area contributed by atoms with Gasteiger partial charge in [0.25, 0.3) is 0 Å². The van der Waals surface area contributed by atoms with Crippen molar-refractivity contribution >= 4 is 52.6 Å². The largest absolute Gasteiger partial charge is 0.347 e. The number of anilines is 1. The van der Waals surface area contributed by atoms with Crippen molar-refractivity contribution in [2.75, 3.05) is 12.4 Å². The summed E-state index contributed by atoms with van der Waals surface area (Å²) in [6.45, 7) is 1.98. The first-order chi connectivity index (χ1) is 14.8. The molecule has 2 heterocycles. The lowest BCUT2D eigenvalue weighted by Gasteiger charge is -2.35. The van der Waals surface area contributed by atoms with Gasteiger partial charge >= 0.3 is 0 Å². The zero-order valence-corrected chi connectivity index (χ0v) is 19.5. The average Bonchev–Trinajstić information content (AvgIpc) is 3.12. The highest BCUT2D eigenvalue weighted by atomic mass is 35.5. The van der Waals surface area contributed by atoms with E-state index in [0.29, 0.717) is 12.1 Å². The number of nitrogens with zero attached hydrogens (tertiary/aromatic N) is 2. The van der Waals surface area contributed by atoms with Crippen LogP contribution in [-0.4, -0.2) is 40.2 Å². The summed E-state index contributed by atoms with van der Waals surface area (Å²) in [7, 11) is 1.78. The fourth-order valence-corrected chi connectivity index (χ4v) is 5.86. The van der Waals surface area contributed by atoms with Crippen molar-refractivity contribution < 1.29 is 14.0 Å². The smallest absolute Gasteiger partial charge is 0.242 e. The van der Waals surface area contributed by atoms with Crippen molar-refractivity contribution in [1.82, 2.24) is 19.3 Å². The van der Waals surface area contributed by atoms with E-state index >= 15 is 0 Å². The van der Waals surface area contributed by atoms with Crippen LogP contribution in [0.4, 0.5) is 10.1 Å². The molecule has 11 heteroatoms.